The van der Waals surface area contributed by atoms with Crippen LogP contribution in [0.5, 0.6) is 0 Å². The lowest BCUT2D eigenvalue weighted by Gasteiger charge is -2.52. The van der Waals surface area contributed by atoms with Gasteiger partial charge >= 0.3 is 5.97 Å². The van der Waals surface area contributed by atoms with Gasteiger partial charge in [0.25, 0.3) is 0 Å². The molecular formula is C31H42BrNO3. The first kappa shape index (κ1) is 27.3. The number of esters is 1. The number of quaternary nitrogens is 1. The molecule has 2 bridgehead atoms. The van der Waals surface area contributed by atoms with Crippen LogP contribution in [0.4, 0.5) is 0 Å². The summed E-state index contributed by atoms with van der Waals surface area (Å²) in [4.78, 5) is 13.9. The van der Waals surface area contributed by atoms with Gasteiger partial charge in [-0.3, -0.25) is 4.79 Å². The highest BCUT2D eigenvalue weighted by Crippen LogP contribution is 2.42. The average molecular weight is 557 g/mol. The quantitative estimate of drug-likeness (QED) is 0.206. The molecule has 4 fully saturated rings. The molecule has 5 heteroatoms. The highest BCUT2D eigenvalue weighted by molar-refractivity contribution is 5.83. The minimum Gasteiger partial charge on any atom is -1.00 e. The maximum atomic E-state index is 13.9. The molecule has 3 heterocycles. The predicted octanol–water partition coefficient (Wildman–Crippen LogP) is 2.69. The Hall–Kier alpha value is -1.69. The van der Waals surface area contributed by atoms with Crippen molar-refractivity contribution in [1.29, 1.82) is 0 Å². The predicted molar refractivity (Wildman–Crippen MR) is 139 cm³/mol. The molecule has 3 aliphatic heterocycles. The Kier molecular flexibility index (Phi) is 9.65. The Morgan fingerprint density at radius 2 is 1.50 bits per heavy atom. The third-order valence-electron chi connectivity index (χ3n) is 9.06. The van der Waals surface area contributed by atoms with E-state index in [1.54, 1.807) is 0 Å². The average Bonchev–Trinajstić information content (AvgIpc) is 3.18. The van der Waals surface area contributed by atoms with Gasteiger partial charge in [-0.1, -0.05) is 86.3 Å². The van der Waals surface area contributed by atoms with Gasteiger partial charge in [-0.05, 0) is 30.4 Å². The Labute approximate surface area is 227 Å². The molecule has 0 unspecified atom stereocenters. The number of carbonyl (C=O) groups excluding carboxylic acids is 1. The zero-order valence-electron chi connectivity index (χ0n) is 21.6. The van der Waals surface area contributed by atoms with Gasteiger partial charge in [0.1, 0.15) is 13.1 Å². The molecule has 6 rings (SSSR count). The Morgan fingerprint density at radius 1 is 0.861 bits per heavy atom. The number of carbonyl (C=O) groups is 1. The molecule has 0 radical (unpaired) electrons. The number of hydrogen-bond acceptors (Lipinski definition) is 3. The minimum absolute atomic E-state index is 0. The van der Waals surface area contributed by atoms with Crippen molar-refractivity contribution in [3.63, 3.8) is 0 Å². The number of hydrogen-bond donors (Lipinski definition) is 0. The van der Waals surface area contributed by atoms with Crippen LogP contribution < -0.4 is 17.0 Å². The maximum absolute atomic E-state index is 13.9. The summed E-state index contributed by atoms with van der Waals surface area (Å²) in [6.07, 6.45) is 9.85. The van der Waals surface area contributed by atoms with Gasteiger partial charge in [-0.15, -0.1) is 0 Å². The first-order valence-corrected chi connectivity index (χ1v) is 13.9. The molecule has 0 aromatic heterocycles. The molecule has 4 aliphatic rings. The number of piperidine rings is 3. The number of ether oxygens (including phenoxy) is 2. The van der Waals surface area contributed by atoms with Gasteiger partial charge in [-0.25, -0.2) is 0 Å². The molecule has 0 amide bonds. The molecular weight excluding hydrogens is 514 g/mol. The fraction of sp³-hybridized carbons (Fsp3) is 0.581. The van der Waals surface area contributed by atoms with Gasteiger partial charge in [0.2, 0.25) is 0 Å². The van der Waals surface area contributed by atoms with Crippen LogP contribution in [0.2, 0.25) is 0 Å². The van der Waals surface area contributed by atoms with Crippen LogP contribution >= 0.6 is 0 Å². The van der Waals surface area contributed by atoms with Crippen molar-refractivity contribution in [3.8, 4) is 0 Å². The van der Waals surface area contributed by atoms with Crippen molar-refractivity contribution in [1.82, 2.24) is 0 Å². The van der Waals surface area contributed by atoms with Crippen LogP contribution in [0.1, 0.15) is 62.5 Å². The summed E-state index contributed by atoms with van der Waals surface area (Å²) in [5.74, 6) is 0.568. The number of fused-ring (bicyclic) bond motifs is 3. The van der Waals surface area contributed by atoms with Crippen LogP contribution in [-0.2, 0) is 26.1 Å². The second kappa shape index (κ2) is 12.7. The first-order valence-electron chi connectivity index (χ1n) is 13.9. The van der Waals surface area contributed by atoms with Gasteiger partial charge < -0.3 is 30.9 Å². The molecule has 2 aromatic rings. The topological polar surface area (TPSA) is 35.5 Å². The van der Waals surface area contributed by atoms with E-state index in [1.807, 2.05) is 6.07 Å². The van der Waals surface area contributed by atoms with E-state index in [0.29, 0.717) is 5.92 Å². The Morgan fingerprint density at radius 3 is 2.17 bits per heavy atom. The summed E-state index contributed by atoms with van der Waals surface area (Å²) in [5.41, 5.74) is 2.02. The molecule has 196 valence electrons. The van der Waals surface area contributed by atoms with Crippen molar-refractivity contribution in [2.75, 3.05) is 39.4 Å². The van der Waals surface area contributed by atoms with Crippen molar-refractivity contribution >= 4 is 5.97 Å². The smallest absolute Gasteiger partial charge is 0.317 e. The lowest BCUT2D eigenvalue weighted by molar-refractivity contribution is -0.946. The lowest BCUT2D eigenvalue weighted by Crippen LogP contribution is -3.00. The summed E-state index contributed by atoms with van der Waals surface area (Å²) in [7, 11) is 0. The van der Waals surface area contributed by atoms with Gasteiger partial charge in [0, 0.05) is 18.8 Å². The van der Waals surface area contributed by atoms with Crippen LogP contribution in [-0.4, -0.2) is 55.9 Å². The summed E-state index contributed by atoms with van der Waals surface area (Å²) in [5, 5.41) is 0. The summed E-state index contributed by atoms with van der Waals surface area (Å²) >= 11 is 0. The first-order chi connectivity index (χ1) is 17.2. The Bertz CT molecular complexity index is 935. The molecule has 36 heavy (non-hydrogen) atoms. The van der Waals surface area contributed by atoms with Crippen LogP contribution in [0.3, 0.4) is 0 Å². The Balaban J connectivity index is 0.00000304. The van der Waals surface area contributed by atoms with E-state index in [4.69, 9.17) is 9.47 Å². The fourth-order valence-corrected chi connectivity index (χ4v) is 6.81. The van der Waals surface area contributed by atoms with E-state index in [2.05, 4.69) is 54.6 Å². The van der Waals surface area contributed by atoms with Gasteiger partial charge in [0.05, 0.1) is 31.7 Å². The maximum Gasteiger partial charge on any atom is 0.317 e. The minimum atomic E-state index is -0.463. The van der Waals surface area contributed by atoms with E-state index in [1.165, 1.54) is 44.3 Å². The summed E-state index contributed by atoms with van der Waals surface area (Å²) in [6, 6.07) is 21.0. The zero-order valence-corrected chi connectivity index (χ0v) is 23.2. The lowest BCUT2D eigenvalue weighted by atomic mass is 9.74. The standard InChI is InChI=1S/C31H42NO3.BrH/c33-30(31(18-9-1-2-10-19-31)28-13-7-4-8-14-28)35-29-25-32(20-15-27(29)16-21-32)22-24-34-23-17-26-11-5-3-6-12-26;/h3-8,11-14,27,29H,1-2,9-10,15-25H2;1H/q+1;/p-1/t27?,29-,32?;/m0./s1. The van der Waals surface area contributed by atoms with Gasteiger partial charge in [-0.2, -0.15) is 0 Å². The third kappa shape index (κ3) is 6.23. The summed E-state index contributed by atoms with van der Waals surface area (Å²) < 4.78 is 13.6. The van der Waals surface area contributed by atoms with Crippen LogP contribution in [0.15, 0.2) is 60.7 Å². The van der Waals surface area contributed by atoms with E-state index >= 15 is 0 Å². The van der Waals surface area contributed by atoms with Crippen molar-refractivity contribution in [2.45, 2.75) is 69.3 Å². The van der Waals surface area contributed by atoms with Crippen LogP contribution in [0.25, 0.3) is 0 Å². The molecule has 1 aliphatic carbocycles. The fourth-order valence-electron chi connectivity index (χ4n) is 6.81. The van der Waals surface area contributed by atoms with Crippen LogP contribution in [0, 0.1) is 5.92 Å². The van der Waals surface area contributed by atoms with E-state index in [9.17, 15) is 4.79 Å². The monoisotopic (exact) mass is 555 g/mol. The van der Waals surface area contributed by atoms with Crippen molar-refractivity contribution < 1.29 is 35.7 Å². The zero-order chi connectivity index (χ0) is 24.0. The largest absolute Gasteiger partial charge is 1.00 e. The molecule has 2 aromatic carbocycles. The second-order valence-corrected chi connectivity index (χ2v) is 11.2. The SMILES string of the molecule is O=C(O[C@H]1C[N+]2(CCOCCc3ccccc3)CCC1CC2)C1(c2ccccc2)CCCCCC1.[Br-]. The highest BCUT2D eigenvalue weighted by atomic mass is 79.9. The second-order valence-electron chi connectivity index (χ2n) is 11.2. The molecule has 0 spiro atoms. The molecule has 0 N–H and O–H groups in total. The number of benzene rings is 2. The molecule has 3 saturated heterocycles. The van der Waals surface area contributed by atoms with Crippen molar-refractivity contribution in [3.05, 3.63) is 71.8 Å². The summed E-state index contributed by atoms with van der Waals surface area (Å²) in [6.45, 7) is 5.94. The number of halogens is 1. The highest BCUT2D eigenvalue weighted by Gasteiger charge is 2.50. The molecule has 1 atom stereocenters. The third-order valence-corrected chi connectivity index (χ3v) is 9.06. The van der Waals surface area contributed by atoms with E-state index in [-0.39, 0.29) is 29.1 Å². The van der Waals surface area contributed by atoms with Gasteiger partial charge in [0.15, 0.2) is 6.10 Å². The van der Waals surface area contributed by atoms with E-state index < -0.39 is 5.41 Å². The molecule has 4 nitrogen and oxygen atoms in total. The van der Waals surface area contributed by atoms with Crippen molar-refractivity contribution in [2.24, 2.45) is 5.92 Å². The van der Waals surface area contributed by atoms with E-state index in [0.717, 1.165) is 68.5 Å². The normalized spacial score (nSPS) is 27.0. The molecule has 1 saturated carbocycles. The number of rotatable bonds is 9. The number of nitrogens with zero attached hydrogens (tertiary/aromatic N) is 1.